The van der Waals surface area contributed by atoms with Crippen LogP contribution in [0.2, 0.25) is 0 Å². The molecule has 1 aromatic heterocycles. The van der Waals surface area contributed by atoms with Gasteiger partial charge in [-0.05, 0) is 74.8 Å². The van der Waals surface area contributed by atoms with E-state index in [1.165, 1.54) is 11.4 Å². The molecule has 2 aromatic rings. The summed E-state index contributed by atoms with van der Waals surface area (Å²) in [5, 5.41) is 0. The van der Waals surface area contributed by atoms with Gasteiger partial charge in [0.15, 0.2) is 0 Å². The Balaban J connectivity index is 1.35. The summed E-state index contributed by atoms with van der Waals surface area (Å²) in [4.78, 5) is 10.4. The number of ether oxygens (including phenoxy) is 1. The lowest BCUT2D eigenvalue weighted by Gasteiger charge is -2.30. The summed E-state index contributed by atoms with van der Waals surface area (Å²) in [5.41, 5.74) is -0.866. The van der Waals surface area contributed by atoms with Crippen LogP contribution in [-0.4, -0.2) is 63.1 Å². The first-order valence-electron chi connectivity index (χ1n) is 12.3. The molecule has 1 aliphatic carbocycles. The molecule has 0 spiro atoms. The van der Waals surface area contributed by atoms with E-state index in [9.17, 15) is 21.6 Å². The van der Waals surface area contributed by atoms with Crippen LogP contribution in [0, 0.1) is 18.8 Å². The number of anilines is 1. The molecular weight excluding hydrogens is 505 g/mol. The summed E-state index contributed by atoms with van der Waals surface area (Å²) in [6, 6.07) is 5.52. The fourth-order valence-electron chi connectivity index (χ4n) is 4.39. The number of aryl methyl sites for hydroxylation is 1. The highest BCUT2D eigenvalue weighted by Gasteiger charge is 2.32. The predicted octanol–water partition coefficient (Wildman–Crippen LogP) is 4.94. The van der Waals surface area contributed by atoms with Crippen molar-refractivity contribution in [3.05, 3.63) is 60.1 Å². The number of benzene rings is 1. The molecule has 7 nitrogen and oxygen atoms in total. The maximum atomic E-state index is 12.8. The minimum Gasteiger partial charge on any atom is -0.377 e. The Morgan fingerprint density at radius 3 is 2.30 bits per heavy atom. The maximum absolute atomic E-state index is 12.8. The summed E-state index contributed by atoms with van der Waals surface area (Å²) in [5.74, 6) is 2.26. The minimum absolute atomic E-state index is 0.128. The Labute approximate surface area is 217 Å². The predicted molar refractivity (Wildman–Crippen MR) is 137 cm³/mol. The maximum Gasteiger partial charge on any atom is 0.416 e. The Morgan fingerprint density at radius 2 is 1.68 bits per heavy atom. The van der Waals surface area contributed by atoms with Crippen LogP contribution in [0.1, 0.15) is 37.1 Å². The van der Waals surface area contributed by atoms with Gasteiger partial charge in [0.25, 0.3) is 0 Å². The average molecular weight is 541 g/mol. The third kappa shape index (κ3) is 8.51. The van der Waals surface area contributed by atoms with Gasteiger partial charge in [-0.25, -0.2) is 22.7 Å². The third-order valence-electron chi connectivity index (χ3n) is 6.64. The van der Waals surface area contributed by atoms with Crippen LogP contribution in [0.3, 0.4) is 0 Å². The molecule has 0 saturated heterocycles. The molecule has 0 atom stereocenters. The largest absolute Gasteiger partial charge is 0.416 e. The van der Waals surface area contributed by atoms with E-state index in [-0.39, 0.29) is 10.8 Å². The number of likely N-dealkylation sites (N-methyl/N-ethyl adjacent to an activating group) is 1. The van der Waals surface area contributed by atoms with Gasteiger partial charge in [0, 0.05) is 40.0 Å². The Kier molecular flexibility index (Phi) is 10.1. The zero-order valence-corrected chi connectivity index (χ0v) is 22.3. The fraction of sp³-hybridized carbons (Fsp3) is 0.538. The number of aromatic nitrogens is 2. The smallest absolute Gasteiger partial charge is 0.377 e. The highest BCUT2D eigenvalue weighted by Crippen LogP contribution is 2.32. The fourth-order valence-corrected chi connectivity index (χ4v) is 5.64. The highest BCUT2D eigenvalue weighted by atomic mass is 32.2. The van der Waals surface area contributed by atoms with Crippen LogP contribution in [0.4, 0.5) is 19.0 Å². The van der Waals surface area contributed by atoms with E-state index >= 15 is 0 Å². The van der Waals surface area contributed by atoms with Crippen molar-refractivity contribution < 1.29 is 26.3 Å². The number of hydrogen-bond acceptors (Lipinski definition) is 6. The van der Waals surface area contributed by atoms with E-state index in [0.29, 0.717) is 32.2 Å². The highest BCUT2D eigenvalue weighted by molar-refractivity contribution is 7.89. The number of nitrogens with zero attached hydrogens (tertiary/aromatic N) is 4. The standard InChI is InChI=1S/C26H35F3N4O3S/c1-20-30-15-14-25(31-20)32(2)16-4-5-17-36-19-22-8-6-21(7-9-22)18-33(3)37(34,35)24-12-10-23(11-13-24)26(27,28)29/h4-5,10-15,21-22H,6-9,16-19H2,1-3H3/t21-,22-. The zero-order chi connectivity index (χ0) is 27.1. The first kappa shape index (κ1) is 29.1. The molecular formula is C26H35F3N4O3S. The summed E-state index contributed by atoms with van der Waals surface area (Å²) < 4.78 is 71.0. The molecule has 11 heteroatoms. The molecule has 0 aliphatic heterocycles. The van der Waals surface area contributed by atoms with Crippen LogP contribution in [0.5, 0.6) is 0 Å². The van der Waals surface area contributed by atoms with Gasteiger partial charge in [-0.3, -0.25) is 0 Å². The van der Waals surface area contributed by atoms with E-state index < -0.39 is 21.8 Å². The van der Waals surface area contributed by atoms with Crippen molar-refractivity contribution >= 4 is 15.8 Å². The topological polar surface area (TPSA) is 75.6 Å². The summed E-state index contributed by atoms with van der Waals surface area (Å²) in [6.07, 6.45) is 4.97. The van der Waals surface area contributed by atoms with Crippen molar-refractivity contribution in [2.45, 2.75) is 43.7 Å². The first-order chi connectivity index (χ1) is 17.5. The second-order valence-electron chi connectivity index (χ2n) is 9.55. The molecule has 0 unspecified atom stereocenters. The van der Waals surface area contributed by atoms with Crippen molar-refractivity contribution in [1.82, 2.24) is 14.3 Å². The van der Waals surface area contributed by atoms with Crippen molar-refractivity contribution in [2.75, 3.05) is 45.3 Å². The average Bonchev–Trinajstić information content (AvgIpc) is 2.86. The molecule has 204 valence electrons. The molecule has 0 amide bonds. The van der Waals surface area contributed by atoms with Crippen molar-refractivity contribution in [2.24, 2.45) is 11.8 Å². The van der Waals surface area contributed by atoms with Gasteiger partial charge < -0.3 is 9.64 Å². The van der Waals surface area contributed by atoms with Crippen molar-refractivity contribution in [1.29, 1.82) is 0 Å². The Morgan fingerprint density at radius 1 is 1.03 bits per heavy atom. The van der Waals surface area contributed by atoms with Gasteiger partial charge >= 0.3 is 6.18 Å². The number of sulfonamides is 1. The van der Waals surface area contributed by atoms with Crippen molar-refractivity contribution in [3.63, 3.8) is 0 Å². The van der Waals surface area contributed by atoms with Gasteiger partial charge in [0.05, 0.1) is 17.1 Å². The van der Waals surface area contributed by atoms with Crippen LogP contribution >= 0.6 is 0 Å². The summed E-state index contributed by atoms with van der Waals surface area (Å²) in [7, 11) is -0.386. The van der Waals surface area contributed by atoms with Crippen LogP contribution in [0.25, 0.3) is 0 Å². The molecule has 1 saturated carbocycles. The molecule has 0 radical (unpaired) electrons. The van der Waals surface area contributed by atoms with E-state index in [2.05, 4.69) is 9.97 Å². The minimum atomic E-state index is -4.50. The van der Waals surface area contributed by atoms with E-state index in [1.807, 2.05) is 37.1 Å². The molecule has 1 fully saturated rings. The molecule has 3 rings (SSSR count). The third-order valence-corrected chi connectivity index (χ3v) is 8.48. The van der Waals surface area contributed by atoms with Crippen molar-refractivity contribution in [3.8, 4) is 0 Å². The molecule has 0 N–H and O–H groups in total. The SMILES string of the molecule is Cc1nccc(N(C)CC=CCOC[C@H]2CC[C@H](CN(C)S(=O)(=O)c3ccc(C(F)(F)F)cc3)CC2)n1. The van der Waals surface area contributed by atoms with Gasteiger partial charge in [-0.2, -0.15) is 13.2 Å². The quantitative estimate of drug-likeness (QED) is 0.297. The Hall–Kier alpha value is -2.50. The van der Waals surface area contributed by atoms with E-state index in [1.54, 1.807) is 6.20 Å². The van der Waals surface area contributed by atoms with Crippen LogP contribution in [0.15, 0.2) is 53.6 Å². The van der Waals surface area contributed by atoms with E-state index in [4.69, 9.17) is 4.74 Å². The van der Waals surface area contributed by atoms with Gasteiger partial charge in [-0.15, -0.1) is 0 Å². The second kappa shape index (κ2) is 12.8. The van der Waals surface area contributed by atoms with Crippen LogP contribution in [-0.2, 0) is 20.9 Å². The lowest BCUT2D eigenvalue weighted by atomic mass is 9.82. The summed E-state index contributed by atoms with van der Waals surface area (Å²) in [6.45, 7) is 4.12. The molecule has 1 aliphatic rings. The molecule has 1 heterocycles. The van der Waals surface area contributed by atoms with E-state index in [0.717, 1.165) is 61.6 Å². The molecule has 1 aromatic carbocycles. The number of rotatable bonds is 11. The Bertz CT molecular complexity index is 1130. The zero-order valence-electron chi connectivity index (χ0n) is 21.5. The molecule has 0 bridgehead atoms. The summed E-state index contributed by atoms with van der Waals surface area (Å²) >= 11 is 0. The number of halogens is 3. The first-order valence-corrected chi connectivity index (χ1v) is 13.8. The van der Waals surface area contributed by atoms with Gasteiger partial charge in [0.1, 0.15) is 11.6 Å². The normalized spacial score (nSPS) is 19.0. The van der Waals surface area contributed by atoms with Gasteiger partial charge in [0.2, 0.25) is 10.0 Å². The lowest BCUT2D eigenvalue weighted by molar-refractivity contribution is -0.137. The second-order valence-corrected chi connectivity index (χ2v) is 11.6. The van der Waals surface area contributed by atoms with Gasteiger partial charge in [-0.1, -0.05) is 12.2 Å². The lowest BCUT2D eigenvalue weighted by Crippen LogP contribution is -2.34. The molecule has 37 heavy (non-hydrogen) atoms. The van der Waals surface area contributed by atoms with Crippen LogP contribution < -0.4 is 4.90 Å². The number of alkyl halides is 3. The number of hydrogen-bond donors (Lipinski definition) is 0. The monoisotopic (exact) mass is 540 g/mol.